The van der Waals surface area contributed by atoms with Gasteiger partial charge in [-0.05, 0) is 29.8 Å². The van der Waals surface area contributed by atoms with Crippen molar-refractivity contribution in [1.29, 1.82) is 5.26 Å². The van der Waals surface area contributed by atoms with Crippen molar-refractivity contribution < 1.29 is 13.2 Å². The van der Waals surface area contributed by atoms with Crippen molar-refractivity contribution in [3.8, 4) is 22.9 Å². The van der Waals surface area contributed by atoms with E-state index < -0.39 is 18.1 Å². The van der Waals surface area contributed by atoms with Crippen LogP contribution < -0.4 is 0 Å². The van der Waals surface area contributed by atoms with Gasteiger partial charge in [0.2, 0.25) is 5.95 Å². The third-order valence-corrected chi connectivity index (χ3v) is 3.34. The molecule has 3 aromatic rings. The van der Waals surface area contributed by atoms with E-state index in [4.69, 9.17) is 5.26 Å². The summed E-state index contributed by atoms with van der Waals surface area (Å²) in [4.78, 5) is 0. The molecular formula is C17H10F3N3. The van der Waals surface area contributed by atoms with Gasteiger partial charge in [0.15, 0.2) is 0 Å². The van der Waals surface area contributed by atoms with Crippen LogP contribution in [0, 0.1) is 17.3 Å². The van der Waals surface area contributed by atoms with E-state index in [2.05, 4.69) is 5.10 Å². The summed E-state index contributed by atoms with van der Waals surface area (Å²) in [5, 5.41) is 12.6. The van der Waals surface area contributed by atoms with Crippen LogP contribution in [0.2, 0.25) is 0 Å². The summed E-state index contributed by atoms with van der Waals surface area (Å²) in [7, 11) is 0. The molecule has 0 atom stereocenters. The smallest absolute Gasteiger partial charge is 0.206 e. The summed E-state index contributed by atoms with van der Waals surface area (Å²) >= 11 is 0. The molecule has 0 aliphatic rings. The molecule has 0 saturated heterocycles. The van der Waals surface area contributed by atoms with E-state index in [1.54, 1.807) is 30.3 Å². The highest BCUT2D eigenvalue weighted by Gasteiger charge is 2.26. The number of halogens is 3. The Hall–Kier alpha value is -3.07. The number of rotatable bonds is 3. The molecule has 23 heavy (non-hydrogen) atoms. The summed E-state index contributed by atoms with van der Waals surface area (Å²) in [6.45, 7) is 0. The fourth-order valence-corrected chi connectivity index (χ4v) is 2.32. The minimum atomic E-state index is -2.93. The summed E-state index contributed by atoms with van der Waals surface area (Å²) in [5.41, 5.74) is -0.148. The lowest BCUT2D eigenvalue weighted by Crippen LogP contribution is -1.99. The lowest BCUT2D eigenvalue weighted by atomic mass is 10.0. The van der Waals surface area contributed by atoms with E-state index >= 15 is 0 Å². The molecule has 0 amide bonds. The van der Waals surface area contributed by atoms with E-state index in [1.165, 1.54) is 24.3 Å². The van der Waals surface area contributed by atoms with Gasteiger partial charge in [0.05, 0.1) is 22.9 Å². The molecule has 0 saturated carbocycles. The van der Waals surface area contributed by atoms with Gasteiger partial charge in [0, 0.05) is 0 Å². The Bertz CT molecular complexity index is 880. The second-order valence-corrected chi connectivity index (χ2v) is 4.79. The Balaban J connectivity index is 2.24. The third-order valence-electron chi connectivity index (χ3n) is 3.34. The Morgan fingerprint density at radius 3 is 2.43 bits per heavy atom. The van der Waals surface area contributed by atoms with Gasteiger partial charge in [-0.1, -0.05) is 30.3 Å². The number of nitrogens with zero attached hydrogens (tertiary/aromatic N) is 3. The van der Waals surface area contributed by atoms with Crippen LogP contribution >= 0.6 is 0 Å². The minimum Gasteiger partial charge on any atom is -0.206 e. The maximum Gasteiger partial charge on any atom is 0.282 e. The number of aromatic nitrogens is 2. The first-order valence-corrected chi connectivity index (χ1v) is 6.74. The van der Waals surface area contributed by atoms with Gasteiger partial charge >= 0.3 is 0 Å². The quantitative estimate of drug-likeness (QED) is 0.715. The largest absolute Gasteiger partial charge is 0.282 e. The molecule has 3 nitrogen and oxygen atoms in total. The lowest BCUT2D eigenvalue weighted by molar-refractivity contribution is 0.146. The Morgan fingerprint density at radius 2 is 1.78 bits per heavy atom. The van der Waals surface area contributed by atoms with Crippen molar-refractivity contribution in [3.63, 3.8) is 0 Å². The molecule has 1 aromatic heterocycles. The molecule has 114 valence electrons. The first kappa shape index (κ1) is 14.9. The van der Waals surface area contributed by atoms with Gasteiger partial charge in [-0.15, -0.1) is 0 Å². The molecule has 3 rings (SSSR count). The maximum atomic E-state index is 14.7. The van der Waals surface area contributed by atoms with E-state index in [1.807, 2.05) is 6.07 Å². The molecule has 0 N–H and O–H groups in total. The molecule has 0 unspecified atom stereocenters. The molecule has 0 aliphatic carbocycles. The fourth-order valence-electron chi connectivity index (χ4n) is 2.32. The van der Waals surface area contributed by atoms with Gasteiger partial charge in [0.25, 0.3) is 6.43 Å². The average Bonchev–Trinajstić information content (AvgIpc) is 2.93. The molecule has 2 aromatic carbocycles. The number of alkyl halides is 2. The predicted molar refractivity (Wildman–Crippen MR) is 78.6 cm³/mol. The van der Waals surface area contributed by atoms with Crippen LogP contribution in [-0.4, -0.2) is 9.78 Å². The van der Waals surface area contributed by atoms with Crippen LogP contribution in [-0.2, 0) is 0 Å². The van der Waals surface area contributed by atoms with Crippen molar-refractivity contribution in [2.45, 2.75) is 6.43 Å². The van der Waals surface area contributed by atoms with Crippen molar-refractivity contribution >= 4 is 0 Å². The van der Waals surface area contributed by atoms with Crippen molar-refractivity contribution in [3.05, 3.63) is 71.8 Å². The minimum absolute atomic E-state index is 0.194. The molecule has 0 fully saturated rings. The van der Waals surface area contributed by atoms with Gasteiger partial charge < -0.3 is 0 Å². The van der Waals surface area contributed by atoms with Gasteiger partial charge in [-0.25, -0.2) is 13.5 Å². The van der Waals surface area contributed by atoms with E-state index in [0.29, 0.717) is 5.69 Å². The highest BCUT2D eigenvalue weighted by Crippen LogP contribution is 2.34. The first-order valence-electron chi connectivity index (χ1n) is 6.74. The Kier molecular flexibility index (Phi) is 3.85. The predicted octanol–water partition coefficient (Wildman–Crippen LogP) is 4.49. The lowest BCUT2D eigenvalue weighted by Gasteiger charge is -2.03. The van der Waals surface area contributed by atoms with Crippen LogP contribution in [0.1, 0.15) is 17.7 Å². The number of nitriles is 1. The van der Waals surface area contributed by atoms with Crippen molar-refractivity contribution in [2.75, 3.05) is 0 Å². The van der Waals surface area contributed by atoms with Crippen LogP contribution in [0.25, 0.3) is 16.8 Å². The average molecular weight is 313 g/mol. The zero-order valence-corrected chi connectivity index (χ0v) is 11.7. The molecule has 6 heteroatoms. The summed E-state index contributed by atoms with van der Waals surface area (Å²) in [6.07, 6.45) is -2.93. The van der Waals surface area contributed by atoms with Gasteiger partial charge in [-0.2, -0.15) is 14.8 Å². The maximum absolute atomic E-state index is 14.7. The second kappa shape index (κ2) is 5.97. The number of benzene rings is 2. The molecule has 1 heterocycles. The SMILES string of the molecule is N#Cc1cccc(-c2c(C(F)F)nn(-c3ccccc3)c2F)c1. The summed E-state index contributed by atoms with van der Waals surface area (Å²) < 4.78 is 42.2. The standard InChI is InChI=1S/C17H10F3N3/c18-16(19)15-14(12-6-4-5-11(9-12)10-21)17(20)23(22-15)13-7-2-1-3-8-13/h1-9,16H. The molecule has 0 spiro atoms. The topological polar surface area (TPSA) is 41.6 Å². The van der Waals surface area contributed by atoms with Crippen LogP contribution in [0.4, 0.5) is 13.2 Å². The molecule has 0 aliphatic heterocycles. The van der Waals surface area contributed by atoms with Crippen molar-refractivity contribution in [2.24, 2.45) is 0 Å². The van der Waals surface area contributed by atoms with E-state index in [9.17, 15) is 13.2 Å². The fraction of sp³-hybridized carbons (Fsp3) is 0.0588. The number of hydrogen-bond donors (Lipinski definition) is 0. The number of hydrogen-bond acceptors (Lipinski definition) is 2. The van der Waals surface area contributed by atoms with E-state index in [0.717, 1.165) is 4.68 Å². The van der Waals surface area contributed by atoms with Crippen LogP contribution in [0.3, 0.4) is 0 Å². The highest BCUT2D eigenvalue weighted by atomic mass is 19.3. The monoisotopic (exact) mass is 313 g/mol. The third kappa shape index (κ3) is 2.69. The molecule has 0 radical (unpaired) electrons. The highest BCUT2D eigenvalue weighted by molar-refractivity contribution is 5.68. The van der Waals surface area contributed by atoms with Crippen LogP contribution in [0.15, 0.2) is 54.6 Å². The zero-order chi connectivity index (χ0) is 16.4. The van der Waals surface area contributed by atoms with Gasteiger partial charge in [0.1, 0.15) is 5.69 Å². The first-order chi connectivity index (χ1) is 11.1. The van der Waals surface area contributed by atoms with Crippen LogP contribution in [0.5, 0.6) is 0 Å². The molecular weight excluding hydrogens is 303 g/mol. The Morgan fingerprint density at radius 1 is 1.04 bits per heavy atom. The normalized spacial score (nSPS) is 10.7. The van der Waals surface area contributed by atoms with Gasteiger partial charge in [-0.3, -0.25) is 0 Å². The summed E-state index contributed by atoms with van der Waals surface area (Å²) in [6, 6.07) is 16.0. The number of para-hydroxylation sites is 1. The van der Waals surface area contributed by atoms with Crippen molar-refractivity contribution in [1.82, 2.24) is 9.78 Å². The second-order valence-electron chi connectivity index (χ2n) is 4.79. The Labute approximate surface area is 130 Å². The zero-order valence-electron chi connectivity index (χ0n) is 11.7. The summed E-state index contributed by atoms with van der Waals surface area (Å²) in [5.74, 6) is -0.887. The van der Waals surface area contributed by atoms with E-state index in [-0.39, 0.29) is 16.7 Å². The molecule has 0 bridgehead atoms.